The van der Waals surface area contributed by atoms with Gasteiger partial charge in [-0.05, 0) is 30.6 Å². The summed E-state index contributed by atoms with van der Waals surface area (Å²) in [5.74, 6) is 1.20. The molecule has 0 aromatic heterocycles. The van der Waals surface area contributed by atoms with Gasteiger partial charge in [0.2, 0.25) is 5.91 Å². The van der Waals surface area contributed by atoms with Crippen molar-refractivity contribution in [1.82, 2.24) is 4.90 Å². The van der Waals surface area contributed by atoms with Gasteiger partial charge in [0.25, 0.3) is 0 Å². The van der Waals surface area contributed by atoms with Gasteiger partial charge >= 0.3 is 0 Å². The third kappa shape index (κ3) is 2.40. The lowest BCUT2D eigenvalue weighted by Gasteiger charge is -2.38. The second kappa shape index (κ2) is 4.02. The summed E-state index contributed by atoms with van der Waals surface area (Å²) >= 11 is 0. The third-order valence-electron chi connectivity index (χ3n) is 4.19. The Morgan fingerprint density at radius 3 is 2.12 bits per heavy atom. The first kappa shape index (κ1) is 11.9. The molecule has 0 radical (unpaired) electrons. The van der Waals surface area contributed by atoms with E-state index in [4.69, 9.17) is 5.73 Å². The quantitative estimate of drug-likeness (QED) is 0.735. The molecule has 92 valence electrons. The lowest BCUT2D eigenvalue weighted by molar-refractivity contribution is -0.134. The molecule has 2 atom stereocenters. The predicted octanol–water partition coefficient (Wildman–Crippen LogP) is 1.62. The van der Waals surface area contributed by atoms with Crippen LogP contribution < -0.4 is 5.73 Å². The Balaban J connectivity index is 1.83. The fourth-order valence-corrected chi connectivity index (χ4v) is 2.70. The lowest BCUT2D eigenvalue weighted by atomic mass is 9.75. The molecule has 2 aliphatic rings. The van der Waals surface area contributed by atoms with Gasteiger partial charge in [0.15, 0.2) is 0 Å². The summed E-state index contributed by atoms with van der Waals surface area (Å²) in [5.41, 5.74) is 6.10. The van der Waals surface area contributed by atoms with Crippen LogP contribution in [0, 0.1) is 17.3 Å². The van der Waals surface area contributed by atoms with Gasteiger partial charge in [0, 0.05) is 19.1 Å². The summed E-state index contributed by atoms with van der Waals surface area (Å²) < 4.78 is 0. The molecule has 0 aromatic carbocycles. The molecule has 2 fully saturated rings. The molecule has 1 saturated heterocycles. The largest absolute Gasteiger partial charge is 0.342 e. The maximum atomic E-state index is 12.0. The number of hydrogen-bond acceptors (Lipinski definition) is 2. The van der Waals surface area contributed by atoms with Crippen LogP contribution in [0.1, 0.15) is 40.0 Å². The molecule has 0 aromatic rings. The molecule has 1 heterocycles. The van der Waals surface area contributed by atoms with E-state index in [1.54, 1.807) is 0 Å². The maximum Gasteiger partial charge on any atom is 0.227 e. The first-order chi connectivity index (χ1) is 7.39. The van der Waals surface area contributed by atoms with Crippen molar-refractivity contribution < 1.29 is 4.79 Å². The highest BCUT2D eigenvalue weighted by Crippen LogP contribution is 2.36. The molecule has 1 aliphatic carbocycles. The molecule has 16 heavy (non-hydrogen) atoms. The molecule has 1 aliphatic heterocycles. The standard InChI is InChI=1S/C13H24N2O/c1-13(2,3)9-4-6-15(7-5-9)12(16)10-8-11(10)14/h9-11H,4-8,14H2,1-3H3. The monoisotopic (exact) mass is 224 g/mol. The Morgan fingerprint density at radius 1 is 1.25 bits per heavy atom. The minimum atomic E-state index is 0.145. The third-order valence-corrected chi connectivity index (χ3v) is 4.19. The van der Waals surface area contributed by atoms with E-state index in [0.717, 1.165) is 38.3 Å². The number of piperidine rings is 1. The first-order valence-corrected chi connectivity index (χ1v) is 6.44. The van der Waals surface area contributed by atoms with Crippen molar-refractivity contribution in [3.8, 4) is 0 Å². The van der Waals surface area contributed by atoms with Crippen LogP contribution in [-0.2, 0) is 4.79 Å². The minimum absolute atomic E-state index is 0.145. The van der Waals surface area contributed by atoms with Crippen LogP contribution in [0.25, 0.3) is 0 Å². The van der Waals surface area contributed by atoms with Gasteiger partial charge in [-0.3, -0.25) is 4.79 Å². The predicted molar refractivity (Wildman–Crippen MR) is 64.8 cm³/mol. The van der Waals surface area contributed by atoms with Crippen molar-refractivity contribution in [2.24, 2.45) is 23.0 Å². The average molecular weight is 224 g/mol. The molecule has 0 bridgehead atoms. The van der Waals surface area contributed by atoms with Crippen molar-refractivity contribution in [3.05, 3.63) is 0 Å². The van der Waals surface area contributed by atoms with Gasteiger partial charge in [-0.15, -0.1) is 0 Å². The van der Waals surface area contributed by atoms with Crippen molar-refractivity contribution in [2.45, 2.75) is 46.1 Å². The zero-order chi connectivity index (χ0) is 11.9. The van der Waals surface area contributed by atoms with E-state index in [0.29, 0.717) is 11.3 Å². The zero-order valence-corrected chi connectivity index (χ0v) is 10.7. The molecule has 3 nitrogen and oxygen atoms in total. The second-order valence-corrected chi connectivity index (χ2v) is 6.47. The number of rotatable bonds is 1. The highest BCUT2D eigenvalue weighted by atomic mass is 16.2. The molecule has 2 unspecified atom stereocenters. The highest BCUT2D eigenvalue weighted by Gasteiger charge is 2.43. The van der Waals surface area contributed by atoms with Crippen LogP contribution in [0.4, 0.5) is 0 Å². The Kier molecular flexibility index (Phi) is 2.99. The van der Waals surface area contributed by atoms with Gasteiger partial charge in [-0.25, -0.2) is 0 Å². The van der Waals surface area contributed by atoms with Crippen molar-refractivity contribution in [2.75, 3.05) is 13.1 Å². The fourth-order valence-electron chi connectivity index (χ4n) is 2.70. The second-order valence-electron chi connectivity index (χ2n) is 6.47. The summed E-state index contributed by atoms with van der Waals surface area (Å²) in [6.45, 7) is 8.76. The Morgan fingerprint density at radius 2 is 1.75 bits per heavy atom. The topological polar surface area (TPSA) is 46.3 Å². The highest BCUT2D eigenvalue weighted by molar-refractivity contribution is 5.82. The van der Waals surface area contributed by atoms with Gasteiger partial charge in [0.1, 0.15) is 0 Å². The molecular weight excluding hydrogens is 200 g/mol. The van der Waals surface area contributed by atoms with Gasteiger partial charge in [-0.2, -0.15) is 0 Å². The molecule has 1 amide bonds. The van der Waals surface area contributed by atoms with E-state index < -0.39 is 0 Å². The molecule has 3 heteroatoms. The number of carbonyl (C=O) groups is 1. The van der Waals surface area contributed by atoms with E-state index in [9.17, 15) is 4.79 Å². The number of nitrogens with two attached hydrogens (primary N) is 1. The van der Waals surface area contributed by atoms with Crippen LogP contribution in [0.3, 0.4) is 0 Å². The fraction of sp³-hybridized carbons (Fsp3) is 0.923. The number of nitrogens with zero attached hydrogens (tertiary/aromatic N) is 1. The molecule has 2 N–H and O–H groups in total. The van der Waals surface area contributed by atoms with Gasteiger partial charge in [-0.1, -0.05) is 20.8 Å². The SMILES string of the molecule is CC(C)(C)C1CCN(C(=O)C2CC2N)CC1. The van der Waals surface area contributed by atoms with Crippen molar-refractivity contribution in [1.29, 1.82) is 0 Å². The van der Waals surface area contributed by atoms with Crippen molar-refractivity contribution >= 4 is 5.91 Å². The maximum absolute atomic E-state index is 12.0. The molecule has 0 spiro atoms. The smallest absolute Gasteiger partial charge is 0.227 e. The van der Waals surface area contributed by atoms with E-state index in [1.807, 2.05) is 4.90 Å². The zero-order valence-electron chi connectivity index (χ0n) is 10.7. The normalized spacial score (nSPS) is 31.6. The number of likely N-dealkylation sites (tertiary alicyclic amines) is 1. The van der Waals surface area contributed by atoms with Crippen LogP contribution in [0.2, 0.25) is 0 Å². The summed E-state index contributed by atoms with van der Waals surface area (Å²) in [7, 11) is 0. The number of amides is 1. The number of carbonyl (C=O) groups excluding carboxylic acids is 1. The minimum Gasteiger partial charge on any atom is -0.342 e. The van der Waals surface area contributed by atoms with Crippen LogP contribution in [-0.4, -0.2) is 29.9 Å². The van der Waals surface area contributed by atoms with Gasteiger partial charge in [0.05, 0.1) is 5.92 Å². The van der Waals surface area contributed by atoms with Crippen LogP contribution >= 0.6 is 0 Å². The van der Waals surface area contributed by atoms with Crippen LogP contribution in [0.5, 0.6) is 0 Å². The van der Waals surface area contributed by atoms with E-state index in [-0.39, 0.29) is 12.0 Å². The van der Waals surface area contributed by atoms with Crippen molar-refractivity contribution in [3.63, 3.8) is 0 Å². The summed E-state index contributed by atoms with van der Waals surface area (Å²) in [6, 6.07) is 0.146. The summed E-state index contributed by atoms with van der Waals surface area (Å²) in [6.07, 6.45) is 3.20. The van der Waals surface area contributed by atoms with Crippen LogP contribution in [0.15, 0.2) is 0 Å². The Bertz CT molecular complexity index is 274. The lowest BCUT2D eigenvalue weighted by Crippen LogP contribution is -2.42. The molecule has 1 saturated carbocycles. The van der Waals surface area contributed by atoms with E-state index in [1.165, 1.54) is 0 Å². The molecular formula is C13H24N2O. The number of hydrogen-bond donors (Lipinski definition) is 1. The van der Waals surface area contributed by atoms with Gasteiger partial charge < -0.3 is 10.6 Å². The molecule has 2 rings (SSSR count). The summed E-state index contributed by atoms with van der Waals surface area (Å²) in [5, 5.41) is 0. The van der Waals surface area contributed by atoms with E-state index in [2.05, 4.69) is 20.8 Å². The Hall–Kier alpha value is -0.570. The first-order valence-electron chi connectivity index (χ1n) is 6.44. The average Bonchev–Trinajstić information content (AvgIpc) is 2.93. The summed E-state index contributed by atoms with van der Waals surface area (Å²) in [4.78, 5) is 14.0. The van der Waals surface area contributed by atoms with E-state index >= 15 is 0 Å². The Labute approximate surface area is 98.4 Å².